The molecule has 138 valence electrons. The van der Waals surface area contributed by atoms with E-state index in [1.165, 1.54) is 0 Å². The highest BCUT2D eigenvalue weighted by molar-refractivity contribution is 5.89. The van der Waals surface area contributed by atoms with E-state index in [4.69, 9.17) is 9.15 Å². The molecule has 26 heavy (non-hydrogen) atoms. The van der Waals surface area contributed by atoms with Crippen molar-refractivity contribution in [2.45, 2.75) is 45.6 Å². The van der Waals surface area contributed by atoms with Crippen LogP contribution in [0.25, 0.3) is 11.0 Å². The lowest BCUT2D eigenvalue weighted by molar-refractivity contribution is -0.305. The highest BCUT2D eigenvalue weighted by Gasteiger charge is 2.24. The molecule has 0 radical (unpaired) electrons. The minimum atomic E-state index is -1.23. The van der Waals surface area contributed by atoms with E-state index in [0.717, 1.165) is 29.4 Å². The van der Waals surface area contributed by atoms with Gasteiger partial charge >= 0.3 is 5.63 Å². The maximum atomic E-state index is 12.1. The molecular weight excluding hydrogens is 338 g/mol. The predicted molar refractivity (Wildman–Crippen MR) is 92.0 cm³/mol. The Morgan fingerprint density at radius 3 is 2.77 bits per heavy atom. The zero-order valence-electron chi connectivity index (χ0n) is 14.7. The summed E-state index contributed by atoms with van der Waals surface area (Å²) >= 11 is 0. The molecule has 2 aromatic rings. The number of amides is 1. The number of fused-ring (bicyclic) bond motifs is 3. The average Bonchev–Trinajstić information content (AvgIpc) is 3.03. The van der Waals surface area contributed by atoms with Gasteiger partial charge in [0, 0.05) is 24.5 Å². The minimum absolute atomic E-state index is 0.0201. The van der Waals surface area contributed by atoms with Crippen LogP contribution in [0, 0.1) is 6.92 Å². The fourth-order valence-corrected chi connectivity index (χ4v) is 3.27. The molecule has 0 spiro atoms. The van der Waals surface area contributed by atoms with Crippen molar-refractivity contribution in [2.24, 2.45) is 0 Å². The van der Waals surface area contributed by atoms with Crippen LogP contribution < -0.4 is 20.8 Å². The molecule has 1 N–H and O–H groups in total. The first-order chi connectivity index (χ1) is 12.4. The van der Waals surface area contributed by atoms with Crippen LogP contribution in [0.1, 0.15) is 36.5 Å². The molecule has 7 heteroatoms. The van der Waals surface area contributed by atoms with E-state index in [1.807, 2.05) is 13.0 Å². The molecule has 0 unspecified atom stereocenters. The molecule has 1 aliphatic rings. The lowest BCUT2D eigenvalue weighted by Crippen LogP contribution is -2.38. The summed E-state index contributed by atoms with van der Waals surface area (Å²) in [7, 11) is 0. The van der Waals surface area contributed by atoms with E-state index in [9.17, 15) is 19.5 Å². The highest BCUT2D eigenvalue weighted by atomic mass is 16.5. The SMILES string of the molecule is Cc1cc(O[C@H](C)C(=O)NCCC(=O)[O-])c2c3c(c(=O)oc2c1)CCC3. The number of carbonyl (C=O) groups is 2. The molecule has 7 nitrogen and oxygen atoms in total. The van der Waals surface area contributed by atoms with E-state index < -0.39 is 18.0 Å². The first-order valence-corrected chi connectivity index (χ1v) is 8.60. The molecular formula is C19H20NO6-. The van der Waals surface area contributed by atoms with Gasteiger partial charge in [0.1, 0.15) is 11.3 Å². The third-order valence-electron chi connectivity index (χ3n) is 4.48. The summed E-state index contributed by atoms with van der Waals surface area (Å²) in [6, 6.07) is 3.60. The van der Waals surface area contributed by atoms with E-state index in [1.54, 1.807) is 13.0 Å². The Bertz CT molecular complexity index is 930. The smallest absolute Gasteiger partial charge is 0.339 e. The second-order valence-corrected chi connectivity index (χ2v) is 6.51. The normalized spacial score (nSPS) is 14.1. The zero-order chi connectivity index (χ0) is 18.8. The number of benzene rings is 1. The van der Waals surface area contributed by atoms with Crippen molar-refractivity contribution >= 4 is 22.8 Å². The molecule has 0 fully saturated rings. The van der Waals surface area contributed by atoms with Crippen molar-refractivity contribution in [1.82, 2.24) is 5.32 Å². The van der Waals surface area contributed by atoms with E-state index in [2.05, 4.69) is 5.32 Å². The summed E-state index contributed by atoms with van der Waals surface area (Å²) in [5.74, 6) is -1.16. The van der Waals surface area contributed by atoms with Gasteiger partial charge in [-0.25, -0.2) is 4.79 Å². The number of hydrogen-bond donors (Lipinski definition) is 1. The van der Waals surface area contributed by atoms with Gasteiger partial charge in [-0.15, -0.1) is 0 Å². The van der Waals surface area contributed by atoms with Gasteiger partial charge in [0.05, 0.1) is 5.39 Å². The summed E-state index contributed by atoms with van der Waals surface area (Å²) in [6.45, 7) is 3.42. The third kappa shape index (κ3) is 3.56. The standard InChI is InChI=1S/C19H21NO6/c1-10-8-14(25-11(2)18(23)20-7-6-16(21)22)17-12-4-3-5-13(12)19(24)26-15(17)9-10/h8-9,11H,3-7H2,1-2H3,(H,20,23)(H,21,22)/p-1/t11-/m1/s1. The number of carboxylic acid groups (broad SMARTS) is 1. The second-order valence-electron chi connectivity index (χ2n) is 6.51. The molecule has 0 saturated heterocycles. The van der Waals surface area contributed by atoms with Crippen LogP contribution in [0.15, 0.2) is 21.3 Å². The first kappa shape index (κ1) is 18.0. The molecule has 1 atom stereocenters. The molecule has 3 rings (SSSR count). The predicted octanol–water partition coefficient (Wildman–Crippen LogP) is 0.614. The molecule has 1 aromatic heterocycles. The maximum absolute atomic E-state index is 12.1. The highest BCUT2D eigenvalue weighted by Crippen LogP contribution is 2.35. The summed E-state index contributed by atoms with van der Waals surface area (Å²) < 4.78 is 11.3. The van der Waals surface area contributed by atoms with Crippen LogP contribution in [0.5, 0.6) is 5.75 Å². The summed E-state index contributed by atoms with van der Waals surface area (Å²) in [5.41, 5.74) is 2.59. The zero-order valence-corrected chi connectivity index (χ0v) is 14.7. The number of rotatable bonds is 6. The van der Waals surface area contributed by atoms with Crippen molar-refractivity contribution < 1.29 is 23.8 Å². The Hall–Kier alpha value is -2.83. The quantitative estimate of drug-likeness (QED) is 0.758. The molecule has 0 saturated carbocycles. The van der Waals surface area contributed by atoms with Gasteiger partial charge in [-0.3, -0.25) is 4.79 Å². The Morgan fingerprint density at radius 1 is 1.31 bits per heavy atom. The molecule has 1 aromatic carbocycles. The van der Waals surface area contributed by atoms with Crippen LogP contribution >= 0.6 is 0 Å². The number of aliphatic carboxylic acids is 1. The fourth-order valence-electron chi connectivity index (χ4n) is 3.27. The van der Waals surface area contributed by atoms with Crippen LogP contribution in [0.3, 0.4) is 0 Å². The van der Waals surface area contributed by atoms with Crippen LogP contribution in [0.2, 0.25) is 0 Å². The van der Waals surface area contributed by atoms with Gasteiger partial charge in [0.2, 0.25) is 0 Å². The van der Waals surface area contributed by atoms with Crippen molar-refractivity contribution in [3.05, 3.63) is 39.2 Å². The van der Waals surface area contributed by atoms with Crippen molar-refractivity contribution in [2.75, 3.05) is 6.54 Å². The molecule has 0 bridgehead atoms. The van der Waals surface area contributed by atoms with Gasteiger partial charge in [-0.05, 0) is 56.4 Å². The number of ether oxygens (including phenoxy) is 1. The topological polar surface area (TPSA) is 109 Å². The molecule has 1 amide bonds. The average molecular weight is 358 g/mol. The second kappa shape index (κ2) is 7.19. The number of carbonyl (C=O) groups excluding carboxylic acids is 2. The Morgan fingerprint density at radius 2 is 2.04 bits per heavy atom. The summed E-state index contributed by atoms with van der Waals surface area (Å²) in [4.78, 5) is 34.7. The first-order valence-electron chi connectivity index (χ1n) is 8.60. The molecule has 0 aliphatic heterocycles. The summed E-state index contributed by atoms with van der Waals surface area (Å²) in [6.07, 6.45) is 1.24. The van der Waals surface area contributed by atoms with Gasteiger partial charge in [-0.2, -0.15) is 0 Å². The number of nitrogens with one attached hydrogen (secondary N) is 1. The lowest BCUT2D eigenvalue weighted by Gasteiger charge is -2.18. The minimum Gasteiger partial charge on any atom is -0.550 e. The number of carboxylic acids is 1. The fraction of sp³-hybridized carbons (Fsp3) is 0.421. The van der Waals surface area contributed by atoms with E-state index >= 15 is 0 Å². The Balaban J connectivity index is 1.90. The lowest BCUT2D eigenvalue weighted by atomic mass is 10.0. The van der Waals surface area contributed by atoms with Crippen LogP contribution in [-0.4, -0.2) is 24.5 Å². The molecule has 1 heterocycles. The van der Waals surface area contributed by atoms with Gasteiger partial charge in [0.15, 0.2) is 6.10 Å². The third-order valence-corrected chi connectivity index (χ3v) is 4.48. The van der Waals surface area contributed by atoms with Gasteiger partial charge < -0.3 is 24.4 Å². The Kier molecular flexibility index (Phi) is 4.97. The van der Waals surface area contributed by atoms with Crippen LogP contribution in [-0.2, 0) is 22.4 Å². The van der Waals surface area contributed by atoms with Crippen LogP contribution in [0.4, 0.5) is 0 Å². The molecule has 1 aliphatic carbocycles. The van der Waals surface area contributed by atoms with Gasteiger partial charge in [-0.1, -0.05) is 0 Å². The van der Waals surface area contributed by atoms with E-state index in [0.29, 0.717) is 23.3 Å². The van der Waals surface area contributed by atoms with Crippen molar-refractivity contribution in [1.29, 1.82) is 0 Å². The number of aryl methyl sites for hydroxylation is 2. The largest absolute Gasteiger partial charge is 0.550 e. The summed E-state index contributed by atoms with van der Waals surface area (Å²) in [5, 5.41) is 13.7. The van der Waals surface area contributed by atoms with Crippen molar-refractivity contribution in [3.63, 3.8) is 0 Å². The van der Waals surface area contributed by atoms with Gasteiger partial charge in [0.25, 0.3) is 5.91 Å². The number of hydrogen-bond acceptors (Lipinski definition) is 6. The maximum Gasteiger partial charge on any atom is 0.339 e. The monoisotopic (exact) mass is 358 g/mol. The van der Waals surface area contributed by atoms with Crippen molar-refractivity contribution in [3.8, 4) is 5.75 Å². The van der Waals surface area contributed by atoms with E-state index in [-0.39, 0.29) is 18.6 Å². The Labute approximate surface area is 150 Å².